The summed E-state index contributed by atoms with van der Waals surface area (Å²) in [5, 5.41) is 3.94. The lowest BCUT2D eigenvalue weighted by Crippen LogP contribution is -2.06. The number of hydrogen-bond acceptors (Lipinski definition) is 7. The van der Waals surface area contributed by atoms with Gasteiger partial charge in [-0.1, -0.05) is 18.5 Å². The number of anilines is 1. The summed E-state index contributed by atoms with van der Waals surface area (Å²) in [5.74, 6) is 1.05. The molecule has 0 spiro atoms. The molecular formula is C12H17N5O2. The molecule has 2 aromatic rings. The molecule has 0 aromatic carbocycles. The van der Waals surface area contributed by atoms with Crippen molar-refractivity contribution in [2.24, 2.45) is 0 Å². The lowest BCUT2D eigenvalue weighted by Gasteiger charge is -2.11. The number of nitrogens with two attached hydrogens (primary N) is 1. The highest BCUT2D eigenvalue weighted by Gasteiger charge is 2.20. The Labute approximate surface area is 111 Å². The molecule has 0 radical (unpaired) electrons. The molecule has 102 valence electrons. The lowest BCUT2D eigenvalue weighted by atomic mass is 10.2. The van der Waals surface area contributed by atoms with Crippen LogP contribution < -0.4 is 5.73 Å². The topological polar surface area (TPSA) is 100.0 Å². The van der Waals surface area contributed by atoms with Crippen molar-refractivity contribution in [3.63, 3.8) is 0 Å². The minimum absolute atomic E-state index is 0.162. The molecule has 0 aliphatic carbocycles. The maximum Gasteiger partial charge on any atom is 0.280 e. The molecule has 0 fully saturated rings. The first kappa shape index (κ1) is 13.4. The van der Waals surface area contributed by atoms with Gasteiger partial charge >= 0.3 is 0 Å². The molecule has 0 saturated carbocycles. The fraction of sp³-hybridized carbons (Fsp3) is 0.500. The average molecular weight is 263 g/mol. The molecule has 1 unspecified atom stereocenters. The fourth-order valence-corrected chi connectivity index (χ4v) is 1.73. The first-order chi connectivity index (χ1) is 9.26. The number of nitrogens with zero attached hydrogens (tertiary/aromatic N) is 4. The Morgan fingerprint density at radius 2 is 2.11 bits per heavy atom. The van der Waals surface area contributed by atoms with Crippen LogP contribution >= 0.6 is 0 Å². The summed E-state index contributed by atoms with van der Waals surface area (Å²) in [6.45, 7) is 4.61. The molecular weight excluding hydrogens is 246 g/mol. The number of rotatable bonds is 6. The van der Waals surface area contributed by atoms with Crippen molar-refractivity contribution in [3.8, 4) is 11.6 Å². The van der Waals surface area contributed by atoms with E-state index in [4.69, 9.17) is 15.0 Å². The molecule has 19 heavy (non-hydrogen) atoms. The van der Waals surface area contributed by atoms with Crippen LogP contribution in [0.1, 0.15) is 38.6 Å². The van der Waals surface area contributed by atoms with Crippen LogP contribution in [0.3, 0.4) is 0 Å². The Balaban J connectivity index is 2.25. The van der Waals surface area contributed by atoms with E-state index in [1.54, 1.807) is 0 Å². The predicted molar refractivity (Wildman–Crippen MR) is 69.0 cm³/mol. The van der Waals surface area contributed by atoms with Crippen LogP contribution in [0.5, 0.6) is 0 Å². The normalized spacial score (nSPS) is 12.5. The van der Waals surface area contributed by atoms with E-state index in [-0.39, 0.29) is 17.8 Å². The summed E-state index contributed by atoms with van der Waals surface area (Å²) in [6.07, 6.45) is 4.69. The van der Waals surface area contributed by atoms with E-state index in [9.17, 15) is 0 Å². The molecule has 0 aliphatic heterocycles. The lowest BCUT2D eigenvalue weighted by molar-refractivity contribution is 0.0478. The molecule has 1 atom stereocenters. The molecule has 7 heteroatoms. The zero-order valence-corrected chi connectivity index (χ0v) is 11.0. The minimum Gasteiger partial charge on any atom is -0.382 e. The maximum absolute atomic E-state index is 5.72. The van der Waals surface area contributed by atoms with Gasteiger partial charge in [-0.25, -0.2) is 9.97 Å². The van der Waals surface area contributed by atoms with E-state index in [2.05, 4.69) is 27.0 Å². The highest BCUT2D eigenvalue weighted by Crippen LogP contribution is 2.24. The zero-order valence-electron chi connectivity index (χ0n) is 11.0. The van der Waals surface area contributed by atoms with Gasteiger partial charge in [0.05, 0.1) is 0 Å². The van der Waals surface area contributed by atoms with Crippen molar-refractivity contribution in [2.75, 3.05) is 12.3 Å². The predicted octanol–water partition coefficient (Wildman–Crippen LogP) is 1.99. The second kappa shape index (κ2) is 6.24. The minimum atomic E-state index is -0.162. The van der Waals surface area contributed by atoms with Crippen LogP contribution in [0.4, 0.5) is 5.82 Å². The number of hydrogen-bond donors (Lipinski definition) is 1. The smallest absolute Gasteiger partial charge is 0.280 e. The first-order valence-electron chi connectivity index (χ1n) is 6.28. The zero-order chi connectivity index (χ0) is 13.7. The summed E-state index contributed by atoms with van der Waals surface area (Å²) in [5.41, 5.74) is 6.12. The maximum atomic E-state index is 5.72. The second-order valence-corrected chi connectivity index (χ2v) is 3.98. The summed E-state index contributed by atoms with van der Waals surface area (Å²) >= 11 is 0. The van der Waals surface area contributed by atoms with E-state index in [1.807, 2.05) is 6.92 Å². The molecule has 2 N–H and O–H groups in total. The SMILES string of the molecule is CCCC(OCC)c1noc(-c2nccnc2N)n1. The van der Waals surface area contributed by atoms with Crippen LogP contribution in [-0.4, -0.2) is 26.7 Å². The van der Waals surface area contributed by atoms with Crippen molar-refractivity contribution in [1.29, 1.82) is 0 Å². The van der Waals surface area contributed by atoms with Crippen LogP contribution in [0.25, 0.3) is 11.6 Å². The van der Waals surface area contributed by atoms with Gasteiger partial charge in [0.15, 0.2) is 11.5 Å². The molecule has 2 heterocycles. The molecule has 7 nitrogen and oxygen atoms in total. The first-order valence-corrected chi connectivity index (χ1v) is 6.28. The summed E-state index contributed by atoms with van der Waals surface area (Å²) in [4.78, 5) is 12.3. The number of aromatic nitrogens is 4. The number of ether oxygens (including phenoxy) is 1. The number of nitrogen functional groups attached to an aromatic ring is 1. The van der Waals surface area contributed by atoms with Crippen LogP contribution in [0.15, 0.2) is 16.9 Å². The quantitative estimate of drug-likeness (QED) is 0.850. The highest BCUT2D eigenvalue weighted by atomic mass is 16.5. The van der Waals surface area contributed by atoms with Crippen molar-refractivity contribution >= 4 is 5.82 Å². The van der Waals surface area contributed by atoms with Gasteiger partial charge < -0.3 is 15.0 Å². The van der Waals surface area contributed by atoms with Crippen LogP contribution in [0.2, 0.25) is 0 Å². The van der Waals surface area contributed by atoms with E-state index >= 15 is 0 Å². The van der Waals surface area contributed by atoms with Crippen LogP contribution in [-0.2, 0) is 4.74 Å². The summed E-state index contributed by atoms with van der Waals surface area (Å²) < 4.78 is 10.8. The van der Waals surface area contributed by atoms with Crippen molar-refractivity contribution in [1.82, 2.24) is 20.1 Å². The Bertz CT molecular complexity index is 522. The second-order valence-electron chi connectivity index (χ2n) is 3.98. The molecule has 0 amide bonds. The molecule has 0 saturated heterocycles. The molecule has 2 rings (SSSR count). The Kier molecular flexibility index (Phi) is 4.40. The molecule has 0 aliphatic rings. The van der Waals surface area contributed by atoms with E-state index in [1.165, 1.54) is 12.4 Å². The van der Waals surface area contributed by atoms with Gasteiger partial charge in [-0.2, -0.15) is 4.98 Å². The largest absolute Gasteiger partial charge is 0.382 e. The highest BCUT2D eigenvalue weighted by molar-refractivity contribution is 5.61. The van der Waals surface area contributed by atoms with Crippen LogP contribution in [0, 0.1) is 0 Å². The van der Waals surface area contributed by atoms with E-state index in [0.717, 1.165) is 12.8 Å². The van der Waals surface area contributed by atoms with Gasteiger partial charge in [-0.3, -0.25) is 0 Å². The van der Waals surface area contributed by atoms with Gasteiger partial charge in [0.2, 0.25) is 5.82 Å². The molecule has 0 bridgehead atoms. The van der Waals surface area contributed by atoms with Crippen molar-refractivity contribution < 1.29 is 9.26 Å². The summed E-state index contributed by atoms with van der Waals surface area (Å²) in [6, 6.07) is 0. The van der Waals surface area contributed by atoms with E-state index < -0.39 is 0 Å². The Morgan fingerprint density at radius 1 is 1.32 bits per heavy atom. The van der Waals surface area contributed by atoms with Crippen molar-refractivity contribution in [3.05, 3.63) is 18.2 Å². The average Bonchev–Trinajstić information content (AvgIpc) is 2.88. The standard InChI is InChI=1S/C12H17N5O2/c1-3-5-8(18-4-2)11-16-12(19-17-11)9-10(13)15-7-6-14-9/h6-8H,3-5H2,1-2H3,(H2,13,15). The third-order valence-electron chi connectivity index (χ3n) is 2.58. The third kappa shape index (κ3) is 3.05. The van der Waals surface area contributed by atoms with Crippen molar-refractivity contribution in [2.45, 2.75) is 32.8 Å². The molecule has 2 aromatic heterocycles. The van der Waals surface area contributed by atoms with Gasteiger partial charge in [0.1, 0.15) is 6.10 Å². The van der Waals surface area contributed by atoms with Gasteiger partial charge in [-0.15, -0.1) is 0 Å². The summed E-state index contributed by atoms with van der Waals surface area (Å²) in [7, 11) is 0. The third-order valence-corrected chi connectivity index (χ3v) is 2.58. The Morgan fingerprint density at radius 3 is 2.79 bits per heavy atom. The van der Waals surface area contributed by atoms with Gasteiger partial charge in [-0.05, 0) is 13.3 Å². The fourth-order valence-electron chi connectivity index (χ4n) is 1.73. The van der Waals surface area contributed by atoms with Gasteiger partial charge in [0.25, 0.3) is 5.89 Å². The van der Waals surface area contributed by atoms with E-state index in [0.29, 0.717) is 18.1 Å². The monoisotopic (exact) mass is 263 g/mol. The van der Waals surface area contributed by atoms with Gasteiger partial charge in [0, 0.05) is 19.0 Å². The Hall–Kier alpha value is -2.02.